The third kappa shape index (κ3) is 4.34. The quantitative estimate of drug-likeness (QED) is 0.402. The minimum Gasteiger partial charge on any atom is -0.508 e. The third-order valence-corrected chi connectivity index (χ3v) is 5.71. The molecule has 3 atom stereocenters. The number of aromatic hydroxyl groups is 1. The summed E-state index contributed by atoms with van der Waals surface area (Å²) in [7, 11) is 2.76. The highest BCUT2D eigenvalue weighted by molar-refractivity contribution is 6.12. The van der Waals surface area contributed by atoms with Crippen molar-refractivity contribution < 1.29 is 33.7 Å². The number of rotatable bonds is 6. The zero-order valence-corrected chi connectivity index (χ0v) is 18.1. The van der Waals surface area contributed by atoms with E-state index in [0.717, 1.165) is 0 Å². The number of nitrogens with one attached hydrogen (secondary N) is 1. The van der Waals surface area contributed by atoms with Gasteiger partial charge in [0, 0.05) is 30.0 Å². The maximum Gasteiger partial charge on any atom is 0.336 e. The van der Waals surface area contributed by atoms with Crippen LogP contribution in [-0.2, 0) is 28.6 Å². The highest BCUT2D eigenvalue weighted by Crippen LogP contribution is 2.45. The van der Waals surface area contributed by atoms with E-state index in [0.29, 0.717) is 29.0 Å². The van der Waals surface area contributed by atoms with Crippen LogP contribution in [0.25, 0.3) is 0 Å². The molecular weight excluding hydrogens is 402 g/mol. The molecule has 1 aromatic carbocycles. The second kappa shape index (κ2) is 9.34. The lowest BCUT2D eigenvalue weighted by molar-refractivity contribution is -0.151. The average molecular weight is 429 g/mol. The van der Waals surface area contributed by atoms with Crippen LogP contribution in [0.1, 0.15) is 31.7 Å². The van der Waals surface area contributed by atoms with E-state index in [4.69, 9.17) is 14.2 Å². The molecule has 0 aromatic heterocycles. The van der Waals surface area contributed by atoms with Crippen molar-refractivity contribution in [2.24, 2.45) is 11.8 Å². The van der Waals surface area contributed by atoms with Crippen LogP contribution < -0.4 is 5.32 Å². The van der Waals surface area contributed by atoms with E-state index in [1.165, 1.54) is 26.4 Å². The summed E-state index contributed by atoms with van der Waals surface area (Å²) in [5.41, 5.74) is 2.53. The van der Waals surface area contributed by atoms with Crippen LogP contribution in [-0.4, -0.2) is 50.3 Å². The Bertz CT molecular complexity index is 945. The van der Waals surface area contributed by atoms with Gasteiger partial charge in [-0.2, -0.15) is 0 Å². The Hall–Kier alpha value is -3.13. The minimum absolute atomic E-state index is 0.0628. The van der Waals surface area contributed by atoms with Gasteiger partial charge in [0.05, 0.1) is 19.3 Å². The fourth-order valence-electron chi connectivity index (χ4n) is 4.25. The number of ketones is 1. The zero-order valence-electron chi connectivity index (χ0n) is 18.1. The minimum atomic E-state index is -0.950. The van der Waals surface area contributed by atoms with Crippen LogP contribution in [0.3, 0.4) is 0 Å². The molecule has 2 N–H and O–H groups in total. The summed E-state index contributed by atoms with van der Waals surface area (Å²) in [6, 6.07) is 6.30. The van der Waals surface area contributed by atoms with Gasteiger partial charge in [-0.05, 0) is 37.0 Å². The van der Waals surface area contributed by atoms with Crippen molar-refractivity contribution in [3.05, 3.63) is 52.4 Å². The fraction of sp³-hybridized carbons (Fsp3) is 0.435. The Morgan fingerprint density at radius 1 is 1.16 bits per heavy atom. The molecule has 8 nitrogen and oxygen atoms in total. The number of hydrogen-bond acceptors (Lipinski definition) is 8. The molecule has 8 heteroatoms. The molecule has 0 fully saturated rings. The largest absolute Gasteiger partial charge is 0.508 e. The zero-order chi connectivity index (χ0) is 22.7. The van der Waals surface area contributed by atoms with Crippen molar-refractivity contribution in [1.29, 1.82) is 0 Å². The van der Waals surface area contributed by atoms with Gasteiger partial charge in [-0.15, -0.1) is 0 Å². The number of Topliss-reactive ketones (excluding diaryl/α,β-unsaturated/α-hetero) is 1. The predicted octanol–water partition coefficient (Wildman–Crippen LogP) is 2.19. The molecule has 1 aliphatic carbocycles. The van der Waals surface area contributed by atoms with Crippen molar-refractivity contribution in [1.82, 2.24) is 5.32 Å². The first kappa shape index (κ1) is 22.6. The normalized spacial score (nSPS) is 23.2. The molecule has 0 bridgehead atoms. The number of dihydropyridines is 1. The van der Waals surface area contributed by atoms with Gasteiger partial charge in [0.15, 0.2) is 5.78 Å². The van der Waals surface area contributed by atoms with Crippen molar-refractivity contribution in [3.8, 4) is 5.75 Å². The number of methoxy groups -OCH3 is 2. The first-order chi connectivity index (χ1) is 14.8. The molecule has 0 radical (unpaired) electrons. The highest BCUT2D eigenvalue weighted by Gasteiger charge is 2.47. The molecule has 2 aliphatic rings. The van der Waals surface area contributed by atoms with E-state index >= 15 is 0 Å². The second-order valence-electron chi connectivity index (χ2n) is 7.76. The van der Waals surface area contributed by atoms with Crippen LogP contribution >= 0.6 is 0 Å². The molecule has 0 saturated heterocycles. The number of esters is 2. The Balaban J connectivity index is 2.11. The summed E-state index contributed by atoms with van der Waals surface area (Å²) in [6.45, 7) is 3.89. The lowest BCUT2D eigenvalue weighted by Crippen LogP contribution is -2.43. The molecule has 0 unspecified atom stereocenters. The molecule has 0 saturated carbocycles. The molecule has 3 rings (SSSR count). The number of ether oxygens (including phenoxy) is 3. The van der Waals surface area contributed by atoms with Gasteiger partial charge >= 0.3 is 11.9 Å². The summed E-state index contributed by atoms with van der Waals surface area (Å²) < 4.78 is 15.2. The van der Waals surface area contributed by atoms with E-state index < -0.39 is 23.8 Å². The number of phenols is 1. The van der Waals surface area contributed by atoms with E-state index in [2.05, 4.69) is 5.32 Å². The third-order valence-electron chi connectivity index (χ3n) is 5.71. The highest BCUT2D eigenvalue weighted by atomic mass is 16.6. The number of hydrogen-bond donors (Lipinski definition) is 2. The first-order valence-corrected chi connectivity index (χ1v) is 10.1. The number of benzene rings is 1. The van der Waals surface area contributed by atoms with Gasteiger partial charge in [-0.3, -0.25) is 9.59 Å². The number of carbonyl (C=O) groups is 3. The number of phenolic OH excluding ortho intramolecular Hbond substituents is 1. The molecule has 166 valence electrons. The molecule has 0 amide bonds. The van der Waals surface area contributed by atoms with Crippen molar-refractivity contribution in [2.45, 2.75) is 26.2 Å². The van der Waals surface area contributed by atoms with Crippen LogP contribution in [0.4, 0.5) is 0 Å². The molecule has 1 heterocycles. The topological polar surface area (TPSA) is 111 Å². The predicted molar refractivity (Wildman–Crippen MR) is 111 cm³/mol. The van der Waals surface area contributed by atoms with Crippen LogP contribution in [0, 0.1) is 11.8 Å². The Morgan fingerprint density at radius 2 is 1.84 bits per heavy atom. The molecule has 1 aliphatic heterocycles. The standard InChI is InChI=1S/C23H27NO7/c1-12-11-16-20(21(26)17(12)22(27)30-4)19(14-5-7-15(25)8-6-14)18(13(2)24-16)23(28)31-10-9-29-3/h5-8,12,17,19,24-25H,9-11H2,1-4H3/t12-,17+,19+/m0/s1. The summed E-state index contributed by atoms with van der Waals surface area (Å²) >= 11 is 0. The number of allylic oxidation sites excluding steroid dienone is 3. The van der Waals surface area contributed by atoms with Crippen LogP contribution in [0.15, 0.2) is 46.8 Å². The molecule has 31 heavy (non-hydrogen) atoms. The van der Waals surface area contributed by atoms with Gasteiger partial charge in [-0.25, -0.2) is 4.79 Å². The fourth-order valence-corrected chi connectivity index (χ4v) is 4.25. The lowest BCUT2D eigenvalue weighted by Gasteiger charge is -2.38. The molecule has 1 aromatic rings. The van der Waals surface area contributed by atoms with Crippen molar-refractivity contribution in [3.63, 3.8) is 0 Å². The van der Waals surface area contributed by atoms with Crippen LogP contribution in [0.5, 0.6) is 5.75 Å². The van der Waals surface area contributed by atoms with Gasteiger partial charge in [0.1, 0.15) is 18.3 Å². The summed E-state index contributed by atoms with van der Waals surface area (Å²) in [5.74, 6) is -3.42. The maximum absolute atomic E-state index is 13.5. The van der Waals surface area contributed by atoms with Crippen molar-refractivity contribution in [2.75, 3.05) is 27.4 Å². The average Bonchev–Trinajstić information content (AvgIpc) is 2.73. The van der Waals surface area contributed by atoms with Crippen LogP contribution in [0.2, 0.25) is 0 Å². The maximum atomic E-state index is 13.5. The second-order valence-corrected chi connectivity index (χ2v) is 7.76. The van der Waals surface area contributed by atoms with Gasteiger partial charge < -0.3 is 24.6 Å². The Labute approximate surface area is 180 Å². The molecular formula is C23H27NO7. The smallest absolute Gasteiger partial charge is 0.336 e. The Morgan fingerprint density at radius 3 is 2.45 bits per heavy atom. The van der Waals surface area contributed by atoms with Gasteiger partial charge in [-0.1, -0.05) is 19.1 Å². The first-order valence-electron chi connectivity index (χ1n) is 10.1. The van der Waals surface area contributed by atoms with Crippen molar-refractivity contribution >= 4 is 17.7 Å². The SMILES string of the molecule is COCCOC(=O)C1=C(C)NC2=C(C(=O)[C@H](C(=O)OC)[C@@H](C)C2)[C@@H]1c1ccc(O)cc1. The monoisotopic (exact) mass is 429 g/mol. The lowest BCUT2D eigenvalue weighted by atomic mass is 9.69. The number of carbonyl (C=O) groups excluding carboxylic acids is 3. The summed E-state index contributed by atoms with van der Waals surface area (Å²) in [4.78, 5) is 38.9. The van der Waals surface area contributed by atoms with Gasteiger partial charge in [0.25, 0.3) is 0 Å². The van der Waals surface area contributed by atoms with E-state index in [-0.39, 0.29) is 36.2 Å². The van der Waals surface area contributed by atoms with Gasteiger partial charge in [0.2, 0.25) is 0 Å². The summed E-state index contributed by atoms with van der Waals surface area (Å²) in [6.07, 6.45) is 0.457. The van der Waals surface area contributed by atoms with E-state index in [1.54, 1.807) is 19.1 Å². The van der Waals surface area contributed by atoms with E-state index in [9.17, 15) is 19.5 Å². The molecule has 0 spiro atoms. The van der Waals surface area contributed by atoms with E-state index in [1.807, 2.05) is 6.92 Å². The summed E-state index contributed by atoms with van der Waals surface area (Å²) in [5, 5.41) is 12.9. The Kier molecular flexibility index (Phi) is 6.80.